The lowest BCUT2D eigenvalue weighted by molar-refractivity contribution is 0.269. The van der Waals surface area contributed by atoms with Gasteiger partial charge in [0.2, 0.25) is 0 Å². The zero-order valence-corrected chi connectivity index (χ0v) is 84.5. The summed E-state index contributed by atoms with van der Waals surface area (Å²) in [6.45, 7) is 15.0. The van der Waals surface area contributed by atoms with Crippen LogP contribution in [-0.4, -0.2) is 111 Å². The van der Waals surface area contributed by atoms with E-state index >= 15 is 0 Å². The van der Waals surface area contributed by atoms with Crippen molar-refractivity contribution in [1.82, 2.24) is 68.8 Å². The molecule has 0 radical (unpaired) electrons. The molecule has 5 aliphatic heterocycles. The van der Waals surface area contributed by atoms with Gasteiger partial charge in [0.05, 0.1) is 107 Å². The van der Waals surface area contributed by atoms with Gasteiger partial charge >= 0.3 is 0 Å². The summed E-state index contributed by atoms with van der Waals surface area (Å²) in [5, 5.41) is 64.3. The van der Waals surface area contributed by atoms with Crippen LogP contribution in [0.5, 0.6) is 0 Å². The van der Waals surface area contributed by atoms with Crippen molar-refractivity contribution in [3.63, 3.8) is 0 Å². The number of amidine groups is 5. The third-order valence-electron chi connectivity index (χ3n) is 32.1. The Labute approximate surface area is 855 Å². The summed E-state index contributed by atoms with van der Waals surface area (Å²) in [6, 6.07) is 76.5. The van der Waals surface area contributed by atoms with Crippen LogP contribution in [0.1, 0.15) is 209 Å². The van der Waals surface area contributed by atoms with E-state index in [0.717, 1.165) is 190 Å². The Morgan fingerprint density at radius 3 is 1.33 bits per heavy atom. The van der Waals surface area contributed by atoms with E-state index in [0.29, 0.717) is 12.5 Å². The number of fused-ring (bicyclic) bond motifs is 10. The zero-order chi connectivity index (χ0) is 98.4. The first-order chi connectivity index (χ1) is 72.3. The Bertz CT molecular complexity index is 8260. The van der Waals surface area contributed by atoms with Crippen molar-refractivity contribution in [2.75, 3.05) is 45.0 Å². The number of nitrogens with zero attached hydrogens (tertiary/aromatic N) is 18. The summed E-state index contributed by atoms with van der Waals surface area (Å²) in [5.41, 5.74) is 32.5. The lowest BCUT2D eigenvalue weighted by Crippen LogP contribution is -2.18. The highest BCUT2D eigenvalue weighted by atomic mass is 16.5. The van der Waals surface area contributed by atoms with Crippen LogP contribution in [0.25, 0.3) is 76.3 Å². The number of aromatic amines is 1. The van der Waals surface area contributed by atoms with Crippen LogP contribution in [0.4, 0.5) is 39.9 Å². The van der Waals surface area contributed by atoms with Crippen molar-refractivity contribution >= 4 is 145 Å². The monoisotopic (exact) mass is 1950 g/mol. The molecule has 7 N–H and O–H groups in total. The second-order valence-corrected chi connectivity index (χ2v) is 42.3. The molecule has 5 saturated carbocycles. The summed E-state index contributed by atoms with van der Waals surface area (Å²) in [5.74, 6) is 10.7. The summed E-state index contributed by atoms with van der Waals surface area (Å²) in [4.78, 5) is 23.4. The number of aromatic nitrogens is 14. The molecule has 0 saturated heterocycles. The Morgan fingerprint density at radius 2 is 0.803 bits per heavy atom. The van der Waals surface area contributed by atoms with Gasteiger partial charge in [0.1, 0.15) is 40.6 Å². The topological polar surface area (TPSA) is 283 Å². The number of hydrogen-bond acceptors (Lipinski definition) is 19. The molecule has 0 unspecified atom stereocenters. The Balaban J connectivity index is 0.0000000919. The minimum atomic E-state index is 0.592. The molecule has 0 bridgehead atoms. The smallest absolute Gasteiger partial charge is 0.160 e. The predicted molar refractivity (Wildman–Crippen MR) is 596 cm³/mol. The van der Waals surface area contributed by atoms with E-state index in [9.17, 15) is 0 Å². The highest BCUT2D eigenvalue weighted by Crippen LogP contribution is 2.45. The number of para-hydroxylation sites is 1. The van der Waals surface area contributed by atoms with E-state index < -0.39 is 0 Å². The van der Waals surface area contributed by atoms with E-state index in [1.54, 1.807) is 11.1 Å². The highest BCUT2D eigenvalue weighted by Gasteiger charge is 2.32. The highest BCUT2D eigenvalue weighted by molar-refractivity contribution is 6.15. The van der Waals surface area contributed by atoms with Crippen LogP contribution in [0.3, 0.4) is 0 Å². The molecule has 742 valence electrons. The molecule has 8 aromatic heterocycles. The number of nitrogens with one attached hydrogen (secondary N) is 7. The van der Waals surface area contributed by atoms with E-state index in [1.807, 2.05) is 73.0 Å². The molecular formula is C121H127N25O. The van der Waals surface area contributed by atoms with Gasteiger partial charge in [0, 0.05) is 135 Å². The van der Waals surface area contributed by atoms with Crippen molar-refractivity contribution in [3.05, 3.63) is 321 Å². The molecule has 0 spiro atoms. The maximum absolute atomic E-state index is 5.16. The second kappa shape index (κ2) is 40.8. The number of aryl methyl sites for hydroxylation is 4. The molecule has 0 atom stereocenters. The fourth-order valence-corrected chi connectivity index (χ4v) is 22.8. The molecule has 10 aromatic carbocycles. The van der Waals surface area contributed by atoms with Gasteiger partial charge in [0.25, 0.3) is 0 Å². The van der Waals surface area contributed by atoms with E-state index in [2.05, 4.69) is 297 Å². The molecule has 7 aliphatic carbocycles. The standard InChI is InChI=1S/C21H19N5O.C21H22N4.C21H25N3.C20H24N4.C20H20N4.C18H17N5/c1-13-9-17(25-27-13)12-26-20-8-7-16(10-19(20)14(2)24-26)23-21-18-6-4-3-5-15(18)11-22-21;1-14-19-11-17(23-21-18-8-3-2-7-16(18)12-22-21)9-10-20(19)25(24-14)13-15-5-4-6-15;1-2-7-19-17(6-1)13-22-21(19)23-18-9-8-16-10-11-24(20(16)12-18)14-15-4-3-5-15;2*1-2-7-18-15(6-1)11-21-20(18)23-17-8-9-19-16(10-17)12-22-24(19)13-14-4-3-5-14;1-23-16-10-12(8-9-14(16)17(22-23)11-6-7-11)19-18-13-4-2-3-5-15(13)20-21-18/h3-10H,11-12H2,1-2H3,(H,22,23);2-3,7-11,15H,4-6,12-13H2,1H3,(H,22,23);8-12,15H,1-7,13-14H2,(H,22,23);8-10,12,14H,1-7,11,13H2,(H,21,23);1-2,6-10,12,14H,3-5,11,13H2,(H,21,23);2-5,8-11H,6-7H2,1H3,(H2,19,20,21). The summed E-state index contributed by atoms with van der Waals surface area (Å²) >= 11 is 0. The van der Waals surface area contributed by atoms with Gasteiger partial charge in [-0.1, -0.05) is 122 Å². The number of anilines is 7. The Hall–Kier alpha value is -15.6. The van der Waals surface area contributed by atoms with E-state index in [-0.39, 0.29) is 0 Å². The van der Waals surface area contributed by atoms with Crippen LogP contribution in [0.15, 0.2) is 289 Å². The van der Waals surface area contributed by atoms with Crippen LogP contribution in [0, 0.1) is 44.4 Å². The first kappa shape index (κ1) is 92.5. The molecule has 147 heavy (non-hydrogen) atoms. The number of H-pyrrole nitrogens is 1. The van der Waals surface area contributed by atoms with Gasteiger partial charge in [-0.25, -0.2) is 0 Å². The summed E-state index contributed by atoms with van der Waals surface area (Å²) in [7, 11) is 2.02. The first-order valence-corrected chi connectivity index (χ1v) is 53.6. The van der Waals surface area contributed by atoms with Gasteiger partial charge in [-0.15, -0.1) is 0 Å². The second-order valence-electron chi connectivity index (χ2n) is 42.3. The quantitative estimate of drug-likeness (QED) is 0.0421. The lowest BCUT2D eigenvalue weighted by Gasteiger charge is -2.26. The number of benzene rings is 10. The minimum Gasteiger partial charge on any atom is -0.361 e. The van der Waals surface area contributed by atoms with Crippen molar-refractivity contribution in [2.24, 2.45) is 55.7 Å². The van der Waals surface area contributed by atoms with Gasteiger partial charge in [-0.3, -0.25) is 53.5 Å². The van der Waals surface area contributed by atoms with Crippen LogP contribution >= 0.6 is 0 Å². The minimum absolute atomic E-state index is 0.592. The normalized spacial score (nSPS) is 17.1. The third kappa shape index (κ3) is 19.8. The molecule has 13 heterocycles. The number of aliphatic imine (C=N–C) groups is 5. The Kier molecular flexibility index (Phi) is 25.7. The average Bonchev–Trinajstić information content (AvgIpc) is 1.62. The first-order valence-electron chi connectivity index (χ1n) is 53.6. The lowest BCUT2D eigenvalue weighted by atomic mass is 9.85. The molecule has 26 nitrogen and oxygen atoms in total. The molecule has 5 fully saturated rings. The predicted octanol–water partition coefficient (Wildman–Crippen LogP) is 26.5. The van der Waals surface area contributed by atoms with Crippen molar-refractivity contribution in [2.45, 2.75) is 220 Å². The van der Waals surface area contributed by atoms with E-state index in [1.165, 1.54) is 253 Å². The maximum atomic E-state index is 5.16. The molecule has 12 aliphatic rings. The average molecular weight is 1950 g/mol. The number of hydrogen-bond donors (Lipinski definition) is 7. The summed E-state index contributed by atoms with van der Waals surface area (Å²) < 4.78 is 18.1. The molecule has 0 amide bonds. The largest absolute Gasteiger partial charge is 0.361 e. The molecule has 26 heteroatoms. The van der Waals surface area contributed by atoms with Crippen molar-refractivity contribution < 1.29 is 4.52 Å². The summed E-state index contributed by atoms with van der Waals surface area (Å²) in [6.07, 6.45) is 35.3. The Morgan fingerprint density at radius 1 is 0.354 bits per heavy atom. The molecular weight excluding hydrogens is 1820 g/mol. The van der Waals surface area contributed by atoms with E-state index in [4.69, 9.17) is 24.7 Å². The van der Waals surface area contributed by atoms with Gasteiger partial charge in [-0.2, -0.15) is 30.6 Å². The fraction of sp³-hybridized carbons (Fsp3) is 0.339. The van der Waals surface area contributed by atoms with Crippen molar-refractivity contribution in [3.8, 4) is 0 Å². The third-order valence-corrected chi connectivity index (χ3v) is 32.1. The van der Waals surface area contributed by atoms with Gasteiger partial charge in [0.15, 0.2) is 5.82 Å². The van der Waals surface area contributed by atoms with Crippen LogP contribution < -0.4 is 31.9 Å². The van der Waals surface area contributed by atoms with Gasteiger partial charge in [-0.05, 0) is 326 Å². The SMILES string of the molecule is Cc1cc(Cn2nc(C)c3cc(NC4=NCc5ccccc54)ccc32)no1.Cc1nn(CC2CCC2)c2ccc(NC3=NCc4ccccc43)cc12.Cn1nc(C2CC2)c2ccc(Nc3n[nH]c4ccccc34)cc21.c1cc2c(cnn2CC2CCC2)cc1NC1=NCC2=C1CCCC2.c1cc2ccn(CC3CCC3)c2cc1NC1=NCC2=C1CCCC2.c1ccc2c(c1)CN=C2Nc1ccc2c(cnn2CC2CCC2)c1. The van der Waals surface area contributed by atoms with Crippen LogP contribution in [-0.2, 0) is 59.4 Å². The molecule has 18 aromatic rings. The maximum Gasteiger partial charge on any atom is 0.160 e. The number of rotatable bonds is 18. The van der Waals surface area contributed by atoms with Crippen molar-refractivity contribution in [1.29, 1.82) is 0 Å². The molecule has 30 rings (SSSR count). The fourth-order valence-electron chi connectivity index (χ4n) is 22.8. The zero-order valence-electron chi connectivity index (χ0n) is 84.5. The van der Waals surface area contributed by atoms with Gasteiger partial charge < -0.3 is 41.0 Å². The van der Waals surface area contributed by atoms with Crippen LogP contribution in [0.2, 0.25) is 0 Å².